The van der Waals surface area contributed by atoms with Crippen LogP contribution in [0.3, 0.4) is 0 Å². The second kappa shape index (κ2) is 6.46. The average molecular weight is 213 g/mol. The monoisotopic (exact) mass is 213 g/mol. The van der Waals surface area contributed by atoms with Crippen LogP contribution in [0, 0.1) is 5.92 Å². The number of hydrogen-bond donors (Lipinski definition) is 1. The van der Waals surface area contributed by atoms with E-state index in [2.05, 4.69) is 5.32 Å². The van der Waals surface area contributed by atoms with Crippen LogP contribution in [-0.2, 0) is 9.47 Å². The first-order chi connectivity index (χ1) is 7.45. The van der Waals surface area contributed by atoms with E-state index in [0.29, 0.717) is 12.8 Å². The lowest BCUT2D eigenvalue weighted by molar-refractivity contribution is -0.0594. The molecular weight excluding hydrogens is 190 g/mol. The van der Waals surface area contributed by atoms with Crippen molar-refractivity contribution in [3.05, 3.63) is 0 Å². The van der Waals surface area contributed by atoms with E-state index in [1.807, 2.05) is 0 Å². The smallest absolute Gasteiger partial charge is 0.146 e. The summed E-state index contributed by atoms with van der Waals surface area (Å²) < 4.78 is 10.9. The Hall–Kier alpha value is -0.120. The molecule has 0 radical (unpaired) electrons. The molecule has 88 valence electrons. The van der Waals surface area contributed by atoms with E-state index in [1.54, 1.807) is 0 Å². The molecule has 1 aliphatic heterocycles. The molecule has 1 saturated heterocycles. The first kappa shape index (κ1) is 11.4. The second-order valence-corrected chi connectivity index (χ2v) is 4.78. The third-order valence-electron chi connectivity index (χ3n) is 3.24. The zero-order valence-corrected chi connectivity index (χ0v) is 9.54. The van der Waals surface area contributed by atoms with Crippen molar-refractivity contribution in [2.24, 2.45) is 5.92 Å². The zero-order chi connectivity index (χ0) is 10.3. The van der Waals surface area contributed by atoms with Crippen LogP contribution in [0.25, 0.3) is 0 Å². The lowest BCUT2D eigenvalue weighted by atomic mass is 10.0. The molecular formula is C12H23NO2. The van der Waals surface area contributed by atoms with Crippen LogP contribution < -0.4 is 5.32 Å². The third-order valence-corrected chi connectivity index (χ3v) is 3.24. The number of ether oxygens (including phenoxy) is 2. The van der Waals surface area contributed by atoms with Crippen molar-refractivity contribution in [3.63, 3.8) is 0 Å². The maximum absolute atomic E-state index is 5.45. The minimum Gasteiger partial charge on any atom is -0.355 e. The van der Waals surface area contributed by atoms with Crippen molar-refractivity contribution in [1.82, 2.24) is 5.32 Å². The molecule has 0 bridgehead atoms. The number of nitrogens with one attached hydrogen (secondary N) is 1. The fraction of sp³-hybridized carbons (Fsp3) is 1.00. The summed E-state index contributed by atoms with van der Waals surface area (Å²) in [6.45, 7) is 3.41. The second-order valence-electron chi connectivity index (χ2n) is 4.78. The molecule has 2 rings (SSSR count). The molecule has 1 atom stereocenters. The highest BCUT2D eigenvalue weighted by atomic mass is 16.7. The highest BCUT2D eigenvalue weighted by molar-refractivity contribution is 4.72. The Kier molecular flexibility index (Phi) is 4.90. The molecule has 0 amide bonds. The quantitative estimate of drug-likeness (QED) is 0.518. The lowest BCUT2D eigenvalue weighted by Gasteiger charge is -2.23. The summed E-state index contributed by atoms with van der Waals surface area (Å²) in [5.74, 6) is 0.841. The third kappa shape index (κ3) is 4.96. The summed E-state index contributed by atoms with van der Waals surface area (Å²) >= 11 is 0. The zero-order valence-electron chi connectivity index (χ0n) is 9.54. The molecule has 1 N–H and O–H groups in total. The molecule has 15 heavy (non-hydrogen) atoms. The van der Waals surface area contributed by atoms with E-state index in [0.717, 1.165) is 25.6 Å². The molecule has 0 aromatic heterocycles. The van der Waals surface area contributed by atoms with E-state index in [-0.39, 0.29) is 0 Å². The number of piperidine rings is 1. The van der Waals surface area contributed by atoms with E-state index in [1.165, 1.54) is 38.6 Å². The predicted octanol–water partition coefficient (Wildman–Crippen LogP) is 1.92. The van der Waals surface area contributed by atoms with E-state index >= 15 is 0 Å². The Morgan fingerprint density at radius 3 is 2.73 bits per heavy atom. The first-order valence-electron chi connectivity index (χ1n) is 6.34. The minimum absolute atomic E-state index is 0.489. The normalized spacial score (nSPS) is 26.8. The van der Waals surface area contributed by atoms with Gasteiger partial charge in [-0.25, -0.2) is 0 Å². The fourth-order valence-electron chi connectivity index (χ4n) is 2.01. The van der Waals surface area contributed by atoms with E-state index in [4.69, 9.17) is 9.47 Å². The average Bonchev–Trinajstić information content (AvgIpc) is 3.09. The van der Waals surface area contributed by atoms with Gasteiger partial charge in [0, 0.05) is 6.04 Å². The number of rotatable bonds is 7. The summed E-state index contributed by atoms with van der Waals surface area (Å²) in [5, 5.41) is 3.52. The Morgan fingerprint density at radius 1 is 1.07 bits per heavy atom. The van der Waals surface area contributed by atoms with Gasteiger partial charge < -0.3 is 14.8 Å². The van der Waals surface area contributed by atoms with Crippen LogP contribution in [0.15, 0.2) is 0 Å². The van der Waals surface area contributed by atoms with Crippen LogP contribution in [-0.4, -0.2) is 32.6 Å². The molecule has 2 fully saturated rings. The van der Waals surface area contributed by atoms with E-state index in [9.17, 15) is 0 Å². The minimum atomic E-state index is 0.489. The van der Waals surface area contributed by atoms with Crippen molar-refractivity contribution < 1.29 is 9.47 Å². The van der Waals surface area contributed by atoms with Gasteiger partial charge >= 0.3 is 0 Å². The summed E-state index contributed by atoms with van der Waals surface area (Å²) in [6, 6.07) is 0.683. The van der Waals surface area contributed by atoms with Gasteiger partial charge in [-0.2, -0.15) is 0 Å². The maximum atomic E-state index is 5.45. The predicted molar refractivity (Wildman–Crippen MR) is 59.8 cm³/mol. The van der Waals surface area contributed by atoms with Crippen LogP contribution in [0.4, 0.5) is 0 Å². The summed E-state index contributed by atoms with van der Waals surface area (Å²) in [5.41, 5.74) is 0. The van der Waals surface area contributed by atoms with Crippen LogP contribution in [0.5, 0.6) is 0 Å². The topological polar surface area (TPSA) is 30.5 Å². The Labute approximate surface area is 92.5 Å². The van der Waals surface area contributed by atoms with Crippen LogP contribution in [0.1, 0.15) is 38.5 Å². The largest absolute Gasteiger partial charge is 0.355 e. The van der Waals surface area contributed by atoms with Crippen molar-refractivity contribution in [1.29, 1.82) is 0 Å². The van der Waals surface area contributed by atoms with Gasteiger partial charge in [0.05, 0.1) is 13.2 Å². The van der Waals surface area contributed by atoms with Crippen molar-refractivity contribution in [3.8, 4) is 0 Å². The molecule has 3 nitrogen and oxygen atoms in total. The summed E-state index contributed by atoms with van der Waals surface area (Å²) in [7, 11) is 0. The Morgan fingerprint density at radius 2 is 2.00 bits per heavy atom. The molecule has 3 heteroatoms. The molecule has 0 aromatic carbocycles. The van der Waals surface area contributed by atoms with Gasteiger partial charge in [-0.05, 0) is 44.6 Å². The van der Waals surface area contributed by atoms with Gasteiger partial charge in [-0.3, -0.25) is 0 Å². The molecule has 0 aromatic rings. The Bertz CT molecular complexity index is 165. The van der Waals surface area contributed by atoms with Gasteiger partial charge in [0.2, 0.25) is 0 Å². The molecule has 1 saturated carbocycles. The maximum Gasteiger partial charge on any atom is 0.146 e. The number of hydrogen-bond acceptors (Lipinski definition) is 3. The van der Waals surface area contributed by atoms with Gasteiger partial charge in [0.15, 0.2) is 0 Å². The summed E-state index contributed by atoms with van der Waals surface area (Å²) in [6.07, 6.45) is 7.86. The standard InChI is InChI=1S/C12H23NO2/c1-2-7-13-12(3-1)6-8-14-10-15-9-11-4-5-11/h11-13H,1-10H2. The fourth-order valence-corrected chi connectivity index (χ4v) is 2.01. The molecule has 2 aliphatic rings. The summed E-state index contributed by atoms with van der Waals surface area (Å²) in [4.78, 5) is 0. The highest BCUT2D eigenvalue weighted by Gasteiger charge is 2.21. The van der Waals surface area contributed by atoms with Crippen molar-refractivity contribution in [2.75, 3.05) is 26.6 Å². The van der Waals surface area contributed by atoms with Gasteiger partial charge in [-0.15, -0.1) is 0 Å². The Balaban J connectivity index is 1.37. The van der Waals surface area contributed by atoms with Crippen LogP contribution in [0.2, 0.25) is 0 Å². The van der Waals surface area contributed by atoms with Gasteiger partial charge in [0.1, 0.15) is 6.79 Å². The first-order valence-corrected chi connectivity index (χ1v) is 6.34. The SMILES string of the molecule is C1CCC(CCOCOCC2CC2)NC1. The van der Waals surface area contributed by atoms with Gasteiger partial charge in [0.25, 0.3) is 0 Å². The molecule has 1 heterocycles. The molecule has 1 unspecified atom stereocenters. The van der Waals surface area contributed by atoms with Crippen molar-refractivity contribution in [2.45, 2.75) is 44.6 Å². The van der Waals surface area contributed by atoms with Gasteiger partial charge in [-0.1, -0.05) is 6.42 Å². The molecule has 1 aliphatic carbocycles. The molecule has 0 spiro atoms. The highest BCUT2D eigenvalue weighted by Crippen LogP contribution is 2.28. The van der Waals surface area contributed by atoms with Crippen LogP contribution >= 0.6 is 0 Å². The lowest BCUT2D eigenvalue weighted by Crippen LogP contribution is -2.34. The van der Waals surface area contributed by atoms with E-state index < -0.39 is 0 Å². The van der Waals surface area contributed by atoms with Crippen molar-refractivity contribution >= 4 is 0 Å².